The highest BCUT2D eigenvalue weighted by atomic mass is 16.4. The molecule has 25 heavy (non-hydrogen) atoms. The summed E-state index contributed by atoms with van der Waals surface area (Å²) in [5.74, 6) is -0.533. The summed E-state index contributed by atoms with van der Waals surface area (Å²) in [6.07, 6.45) is 4.79. The minimum absolute atomic E-state index is 0.0182. The summed E-state index contributed by atoms with van der Waals surface area (Å²) in [6.45, 7) is 2.87. The third-order valence-electron chi connectivity index (χ3n) is 6.07. The first-order chi connectivity index (χ1) is 11.9. The number of hydrogen-bond acceptors (Lipinski definition) is 4. The van der Waals surface area contributed by atoms with Crippen LogP contribution in [0.4, 0.5) is 0 Å². The van der Waals surface area contributed by atoms with Gasteiger partial charge in [0.25, 0.3) is 0 Å². The zero-order valence-corrected chi connectivity index (χ0v) is 14.6. The van der Waals surface area contributed by atoms with Crippen LogP contribution in [0.15, 0.2) is 11.6 Å². The Morgan fingerprint density at radius 1 is 1.24 bits per heavy atom. The molecule has 0 bridgehead atoms. The highest BCUT2D eigenvalue weighted by Crippen LogP contribution is 2.47. The molecule has 1 aliphatic heterocycles. The van der Waals surface area contributed by atoms with Gasteiger partial charge in [-0.2, -0.15) is 0 Å². The van der Waals surface area contributed by atoms with Gasteiger partial charge in [-0.3, -0.25) is 19.2 Å². The van der Waals surface area contributed by atoms with Crippen molar-refractivity contribution >= 4 is 23.4 Å². The number of Topliss-reactive ketones (excluding diaryl/α,β-unsaturated/α-hetero) is 1. The number of aliphatic carboxylic acids is 1. The maximum Gasteiger partial charge on any atom is 0.303 e. The Hall–Kier alpha value is -1.98. The van der Waals surface area contributed by atoms with E-state index in [0.29, 0.717) is 31.2 Å². The van der Waals surface area contributed by atoms with E-state index in [9.17, 15) is 19.2 Å². The molecule has 3 aliphatic rings. The molecule has 2 unspecified atom stereocenters. The molecule has 1 saturated heterocycles. The van der Waals surface area contributed by atoms with E-state index >= 15 is 0 Å². The van der Waals surface area contributed by atoms with Crippen molar-refractivity contribution < 1.29 is 24.3 Å². The predicted octanol–water partition coefficient (Wildman–Crippen LogP) is 1.83. The number of rotatable bonds is 5. The van der Waals surface area contributed by atoms with Crippen LogP contribution in [0.2, 0.25) is 0 Å². The van der Waals surface area contributed by atoms with Gasteiger partial charge < -0.3 is 10.0 Å². The number of carboxylic acid groups (broad SMARTS) is 1. The van der Waals surface area contributed by atoms with Crippen molar-refractivity contribution in [2.24, 2.45) is 23.7 Å². The van der Waals surface area contributed by atoms with Crippen LogP contribution in [0, 0.1) is 23.7 Å². The summed E-state index contributed by atoms with van der Waals surface area (Å²) >= 11 is 0. The molecule has 6 heteroatoms. The zero-order valence-electron chi connectivity index (χ0n) is 14.6. The number of fused-ring (bicyclic) bond motifs is 3. The fourth-order valence-electron chi connectivity index (χ4n) is 4.75. The van der Waals surface area contributed by atoms with Crippen molar-refractivity contribution in [3.05, 3.63) is 11.6 Å². The van der Waals surface area contributed by atoms with E-state index in [2.05, 4.69) is 0 Å². The minimum atomic E-state index is -0.875. The standard InChI is InChI=1S/C19H25NO5/c1-11(21)14-8-15-12(7-17(14)22)5-6-13-9-20(10-16(13)15)18(23)3-2-4-19(24)25/h7,13-16H,2-6,8-10H2,1H3,(H,24,25)/t13-,14?,15?,16+/m1/s1. The third-order valence-corrected chi connectivity index (χ3v) is 6.07. The molecule has 2 aliphatic carbocycles. The van der Waals surface area contributed by atoms with Crippen LogP contribution >= 0.6 is 0 Å². The molecule has 2 fully saturated rings. The van der Waals surface area contributed by atoms with Gasteiger partial charge >= 0.3 is 5.97 Å². The molecular weight excluding hydrogens is 322 g/mol. The van der Waals surface area contributed by atoms with Gasteiger partial charge in [0.1, 0.15) is 5.78 Å². The van der Waals surface area contributed by atoms with E-state index in [1.165, 1.54) is 6.92 Å². The van der Waals surface area contributed by atoms with Crippen molar-refractivity contribution in [1.82, 2.24) is 4.90 Å². The maximum atomic E-state index is 12.4. The highest BCUT2D eigenvalue weighted by Gasteiger charge is 2.46. The predicted molar refractivity (Wildman–Crippen MR) is 89.6 cm³/mol. The lowest BCUT2D eigenvalue weighted by atomic mass is 9.64. The quantitative estimate of drug-likeness (QED) is 0.766. The second-order valence-corrected chi connectivity index (χ2v) is 7.64. The van der Waals surface area contributed by atoms with Gasteiger partial charge in [-0.1, -0.05) is 5.57 Å². The van der Waals surface area contributed by atoms with E-state index in [1.54, 1.807) is 6.08 Å². The smallest absolute Gasteiger partial charge is 0.303 e. The summed E-state index contributed by atoms with van der Waals surface area (Å²) in [6, 6.07) is 0. The van der Waals surface area contributed by atoms with Crippen LogP contribution in [0.5, 0.6) is 0 Å². The van der Waals surface area contributed by atoms with Gasteiger partial charge in [-0.25, -0.2) is 0 Å². The summed E-state index contributed by atoms with van der Waals surface area (Å²) in [5, 5.41) is 8.69. The molecule has 1 N–H and O–H groups in total. The fourth-order valence-corrected chi connectivity index (χ4v) is 4.75. The Labute approximate surface area is 147 Å². The molecule has 0 aromatic carbocycles. The number of hydrogen-bond donors (Lipinski definition) is 1. The molecule has 4 atom stereocenters. The van der Waals surface area contributed by atoms with Crippen LogP contribution in [0.3, 0.4) is 0 Å². The Bertz CT molecular complexity index is 638. The Morgan fingerprint density at radius 2 is 2.00 bits per heavy atom. The molecule has 0 radical (unpaired) electrons. The van der Waals surface area contributed by atoms with Crippen molar-refractivity contribution in [2.75, 3.05) is 13.1 Å². The lowest BCUT2D eigenvalue weighted by molar-refractivity contribution is -0.137. The van der Waals surface area contributed by atoms with Crippen LogP contribution in [0.1, 0.15) is 45.4 Å². The lowest BCUT2D eigenvalue weighted by Gasteiger charge is -2.39. The van der Waals surface area contributed by atoms with Crippen molar-refractivity contribution in [3.63, 3.8) is 0 Å². The first kappa shape index (κ1) is 17.8. The molecule has 6 nitrogen and oxygen atoms in total. The summed E-state index contributed by atoms with van der Waals surface area (Å²) in [7, 11) is 0. The van der Waals surface area contributed by atoms with E-state index in [4.69, 9.17) is 5.11 Å². The Morgan fingerprint density at radius 3 is 2.68 bits per heavy atom. The first-order valence-corrected chi connectivity index (χ1v) is 9.11. The fraction of sp³-hybridized carbons (Fsp3) is 0.684. The molecule has 1 amide bonds. The molecule has 0 aromatic rings. The van der Waals surface area contributed by atoms with Gasteiger partial charge in [0.2, 0.25) is 5.91 Å². The van der Waals surface area contributed by atoms with Crippen molar-refractivity contribution in [1.29, 1.82) is 0 Å². The van der Waals surface area contributed by atoms with E-state index in [1.807, 2.05) is 4.90 Å². The van der Waals surface area contributed by atoms with Gasteiger partial charge in [-0.05, 0) is 56.4 Å². The van der Waals surface area contributed by atoms with Crippen LogP contribution in [-0.2, 0) is 19.2 Å². The first-order valence-electron chi connectivity index (χ1n) is 9.11. The number of amides is 1. The normalized spacial score (nSPS) is 31.2. The van der Waals surface area contributed by atoms with E-state index < -0.39 is 11.9 Å². The van der Waals surface area contributed by atoms with Gasteiger partial charge in [0, 0.05) is 25.9 Å². The summed E-state index contributed by atoms with van der Waals surface area (Å²) < 4.78 is 0. The highest BCUT2D eigenvalue weighted by molar-refractivity contribution is 6.07. The topological polar surface area (TPSA) is 91.8 Å². The average Bonchev–Trinajstić information content (AvgIpc) is 2.98. The number of carbonyl (C=O) groups is 4. The lowest BCUT2D eigenvalue weighted by Crippen LogP contribution is -2.37. The van der Waals surface area contributed by atoms with E-state index in [0.717, 1.165) is 25.0 Å². The molecule has 1 saturated carbocycles. The van der Waals surface area contributed by atoms with Crippen LogP contribution < -0.4 is 0 Å². The SMILES string of the molecule is CC(=O)C1CC2C(=CC1=O)CC[C@@H]1CN(C(=O)CCCC(=O)O)C[C@H]21. The number of nitrogens with zero attached hydrogens (tertiary/aromatic N) is 1. The molecule has 3 rings (SSSR count). The molecular formula is C19H25NO5. The minimum Gasteiger partial charge on any atom is -0.481 e. The second kappa shape index (κ2) is 7.10. The van der Waals surface area contributed by atoms with Crippen molar-refractivity contribution in [2.45, 2.75) is 45.4 Å². The number of carbonyl (C=O) groups excluding carboxylic acids is 3. The summed E-state index contributed by atoms with van der Waals surface area (Å²) in [4.78, 5) is 48.7. The van der Waals surface area contributed by atoms with Gasteiger partial charge in [-0.15, -0.1) is 0 Å². The molecule has 1 heterocycles. The Balaban J connectivity index is 1.66. The third kappa shape index (κ3) is 3.67. The average molecular weight is 347 g/mol. The largest absolute Gasteiger partial charge is 0.481 e. The van der Waals surface area contributed by atoms with Crippen molar-refractivity contribution in [3.8, 4) is 0 Å². The number of likely N-dealkylation sites (tertiary alicyclic amines) is 1. The second-order valence-electron chi connectivity index (χ2n) is 7.64. The molecule has 0 spiro atoms. The number of allylic oxidation sites excluding steroid dienone is 2. The van der Waals surface area contributed by atoms with Crippen LogP contribution in [-0.4, -0.2) is 46.5 Å². The zero-order chi connectivity index (χ0) is 18.1. The summed E-state index contributed by atoms with van der Waals surface area (Å²) in [5.41, 5.74) is 1.16. The van der Waals surface area contributed by atoms with Gasteiger partial charge in [0.05, 0.1) is 5.92 Å². The molecule has 136 valence electrons. The van der Waals surface area contributed by atoms with Gasteiger partial charge in [0.15, 0.2) is 5.78 Å². The molecule has 0 aromatic heterocycles. The number of ketones is 2. The monoisotopic (exact) mass is 347 g/mol. The number of carboxylic acids is 1. The van der Waals surface area contributed by atoms with Crippen LogP contribution in [0.25, 0.3) is 0 Å². The van der Waals surface area contributed by atoms with E-state index in [-0.39, 0.29) is 36.2 Å². The Kier molecular flexibility index (Phi) is 5.06. The maximum absolute atomic E-state index is 12.4.